The van der Waals surface area contributed by atoms with Crippen molar-refractivity contribution >= 4 is 0 Å². The van der Waals surface area contributed by atoms with Gasteiger partial charge in [-0.15, -0.1) is 0 Å². The molecule has 0 aromatic rings. The summed E-state index contributed by atoms with van der Waals surface area (Å²) >= 11 is 0. The molecule has 9 heavy (non-hydrogen) atoms. The lowest BCUT2D eigenvalue weighted by atomic mass is 9.81. The Bertz CT molecular complexity index is 90.6. The van der Waals surface area contributed by atoms with Gasteiger partial charge in [-0.05, 0) is 31.1 Å². The molecule has 0 radical (unpaired) electrons. The highest BCUT2D eigenvalue weighted by Crippen LogP contribution is 2.28. The first-order valence-electron chi connectivity index (χ1n) is 3.88. The summed E-state index contributed by atoms with van der Waals surface area (Å²) in [4.78, 5) is 0. The highest BCUT2D eigenvalue weighted by molar-refractivity contribution is 4.74. The molecule has 1 nitrogen and oxygen atoms in total. The molecule has 1 saturated carbocycles. The zero-order valence-electron chi connectivity index (χ0n) is 6.30. The van der Waals surface area contributed by atoms with Gasteiger partial charge >= 0.3 is 0 Å². The number of aliphatic hydroxyl groups excluding tert-OH is 1. The molecule has 1 fully saturated rings. The Labute approximate surface area is 57.1 Å². The second-order valence-electron chi connectivity index (χ2n) is 3.46. The van der Waals surface area contributed by atoms with Gasteiger partial charge in [0.15, 0.2) is 0 Å². The van der Waals surface area contributed by atoms with Crippen molar-refractivity contribution in [2.75, 3.05) is 0 Å². The molecule has 0 aromatic heterocycles. The van der Waals surface area contributed by atoms with Crippen molar-refractivity contribution < 1.29 is 5.11 Å². The van der Waals surface area contributed by atoms with Crippen molar-refractivity contribution in [3.05, 3.63) is 0 Å². The maximum Gasteiger partial charge on any atom is 0.0566 e. The topological polar surface area (TPSA) is 20.2 Å². The molecule has 0 aromatic carbocycles. The van der Waals surface area contributed by atoms with Crippen molar-refractivity contribution in [3.63, 3.8) is 0 Å². The standard InChI is InChI=1S/C8H16O/c1-6-3-4-8(9)7(2)5-6/h6-9H,3-5H2,1-2H3/t6-,7?,8?/m0/s1. The van der Waals surface area contributed by atoms with E-state index in [1.54, 1.807) is 0 Å². The van der Waals surface area contributed by atoms with Crippen LogP contribution < -0.4 is 0 Å². The van der Waals surface area contributed by atoms with Crippen molar-refractivity contribution in [1.82, 2.24) is 0 Å². The van der Waals surface area contributed by atoms with Gasteiger partial charge in [0.2, 0.25) is 0 Å². The number of aliphatic hydroxyl groups is 1. The smallest absolute Gasteiger partial charge is 0.0566 e. The number of hydrogen-bond donors (Lipinski definition) is 1. The summed E-state index contributed by atoms with van der Waals surface area (Å²) in [5.41, 5.74) is 0. The monoisotopic (exact) mass is 128 g/mol. The summed E-state index contributed by atoms with van der Waals surface area (Å²) in [6, 6.07) is 0. The molecule has 0 amide bonds. The highest BCUT2D eigenvalue weighted by Gasteiger charge is 2.22. The molecule has 0 saturated heterocycles. The van der Waals surface area contributed by atoms with Crippen molar-refractivity contribution in [3.8, 4) is 0 Å². The van der Waals surface area contributed by atoms with Crippen molar-refractivity contribution in [2.45, 2.75) is 39.2 Å². The number of rotatable bonds is 0. The van der Waals surface area contributed by atoms with Gasteiger partial charge < -0.3 is 5.11 Å². The van der Waals surface area contributed by atoms with Gasteiger partial charge in [-0.2, -0.15) is 0 Å². The Kier molecular flexibility index (Phi) is 2.12. The maximum absolute atomic E-state index is 9.30. The molecule has 1 heteroatoms. The van der Waals surface area contributed by atoms with Crippen LogP contribution in [0.15, 0.2) is 0 Å². The van der Waals surface area contributed by atoms with E-state index in [9.17, 15) is 5.11 Å². The van der Waals surface area contributed by atoms with Crippen LogP contribution in [0.3, 0.4) is 0 Å². The largest absolute Gasteiger partial charge is 0.393 e. The zero-order chi connectivity index (χ0) is 6.85. The van der Waals surface area contributed by atoms with E-state index in [1.807, 2.05) is 0 Å². The van der Waals surface area contributed by atoms with Crippen LogP contribution in [0.1, 0.15) is 33.1 Å². The fourth-order valence-electron chi connectivity index (χ4n) is 1.65. The summed E-state index contributed by atoms with van der Waals surface area (Å²) < 4.78 is 0. The van der Waals surface area contributed by atoms with Crippen LogP contribution in [-0.4, -0.2) is 11.2 Å². The van der Waals surface area contributed by atoms with E-state index in [1.165, 1.54) is 12.8 Å². The first-order chi connectivity index (χ1) is 4.20. The molecule has 1 N–H and O–H groups in total. The molecule has 3 atom stereocenters. The van der Waals surface area contributed by atoms with Crippen LogP contribution in [0, 0.1) is 11.8 Å². The quantitative estimate of drug-likeness (QED) is 0.527. The Hall–Kier alpha value is -0.0400. The molecule has 54 valence electrons. The van der Waals surface area contributed by atoms with Crippen LogP contribution in [0.2, 0.25) is 0 Å². The Balaban J connectivity index is 2.35. The third-order valence-electron chi connectivity index (χ3n) is 2.39. The molecular weight excluding hydrogens is 112 g/mol. The molecule has 1 aliphatic rings. The maximum atomic E-state index is 9.30. The van der Waals surface area contributed by atoms with Crippen LogP contribution in [0.4, 0.5) is 0 Å². The van der Waals surface area contributed by atoms with Crippen LogP contribution >= 0.6 is 0 Å². The highest BCUT2D eigenvalue weighted by atomic mass is 16.3. The average molecular weight is 128 g/mol. The molecule has 1 aliphatic carbocycles. The van der Waals surface area contributed by atoms with Crippen LogP contribution in [0.25, 0.3) is 0 Å². The second-order valence-corrected chi connectivity index (χ2v) is 3.46. The molecule has 0 heterocycles. The minimum absolute atomic E-state index is 0.0128. The summed E-state index contributed by atoms with van der Waals surface area (Å²) in [5, 5.41) is 9.30. The second kappa shape index (κ2) is 2.70. The molecule has 1 rings (SSSR count). The van der Waals surface area contributed by atoms with E-state index in [4.69, 9.17) is 0 Å². The minimum Gasteiger partial charge on any atom is -0.393 e. The Morgan fingerprint density at radius 2 is 1.89 bits per heavy atom. The Morgan fingerprint density at radius 1 is 1.22 bits per heavy atom. The van der Waals surface area contributed by atoms with Crippen LogP contribution in [0.5, 0.6) is 0 Å². The summed E-state index contributed by atoms with van der Waals surface area (Å²) in [6.07, 6.45) is 3.43. The van der Waals surface area contributed by atoms with E-state index in [2.05, 4.69) is 13.8 Å². The van der Waals surface area contributed by atoms with Crippen molar-refractivity contribution in [1.29, 1.82) is 0 Å². The van der Waals surface area contributed by atoms with E-state index >= 15 is 0 Å². The van der Waals surface area contributed by atoms with E-state index in [0.29, 0.717) is 5.92 Å². The molecular formula is C8H16O. The van der Waals surface area contributed by atoms with Gasteiger partial charge in [0.25, 0.3) is 0 Å². The lowest BCUT2D eigenvalue weighted by molar-refractivity contribution is 0.0611. The van der Waals surface area contributed by atoms with E-state index < -0.39 is 0 Å². The predicted octanol–water partition coefficient (Wildman–Crippen LogP) is 1.80. The van der Waals surface area contributed by atoms with Crippen molar-refractivity contribution in [2.24, 2.45) is 11.8 Å². The first kappa shape index (κ1) is 7.07. The summed E-state index contributed by atoms with van der Waals surface area (Å²) in [6.45, 7) is 4.41. The Morgan fingerprint density at radius 3 is 2.33 bits per heavy atom. The summed E-state index contributed by atoms with van der Waals surface area (Å²) in [5.74, 6) is 1.37. The van der Waals surface area contributed by atoms with E-state index in [0.717, 1.165) is 12.3 Å². The summed E-state index contributed by atoms with van der Waals surface area (Å²) in [7, 11) is 0. The minimum atomic E-state index is -0.0128. The van der Waals surface area contributed by atoms with Gasteiger partial charge in [0.1, 0.15) is 0 Å². The molecule has 0 spiro atoms. The fraction of sp³-hybridized carbons (Fsp3) is 1.00. The first-order valence-corrected chi connectivity index (χ1v) is 3.88. The average Bonchev–Trinajstić information content (AvgIpc) is 1.80. The van der Waals surface area contributed by atoms with Crippen LogP contribution in [-0.2, 0) is 0 Å². The zero-order valence-corrected chi connectivity index (χ0v) is 6.30. The third-order valence-corrected chi connectivity index (χ3v) is 2.39. The van der Waals surface area contributed by atoms with Gasteiger partial charge in [0.05, 0.1) is 6.10 Å². The SMILES string of the molecule is CC1C[C@@H](C)CCC1O. The number of hydrogen-bond acceptors (Lipinski definition) is 1. The lowest BCUT2D eigenvalue weighted by Crippen LogP contribution is -2.25. The molecule has 2 unspecified atom stereocenters. The van der Waals surface area contributed by atoms with Gasteiger partial charge in [0, 0.05) is 0 Å². The van der Waals surface area contributed by atoms with Gasteiger partial charge in [-0.25, -0.2) is 0 Å². The third kappa shape index (κ3) is 1.68. The predicted molar refractivity (Wildman–Crippen MR) is 38.2 cm³/mol. The normalized spacial score (nSPS) is 45.0. The molecule has 0 bridgehead atoms. The fourth-order valence-corrected chi connectivity index (χ4v) is 1.65. The lowest BCUT2D eigenvalue weighted by Gasteiger charge is -2.28. The molecule has 0 aliphatic heterocycles. The van der Waals surface area contributed by atoms with E-state index in [-0.39, 0.29) is 6.10 Å². The van der Waals surface area contributed by atoms with Gasteiger partial charge in [-0.1, -0.05) is 13.8 Å². The van der Waals surface area contributed by atoms with Gasteiger partial charge in [-0.3, -0.25) is 0 Å².